The number of carbonyl (C=O) groups is 2. The molecule has 1 atom stereocenters. The zero-order chi connectivity index (χ0) is 28.0. The zero-order valence-electron chi connectivity index (χ0n) is 21.7. The molecule has 7 nitrogen and oxygen atoms in total. The summed E-state index contributed by atoms with van der Waals surface area (Å²) < 4.78 is 40.0. The third kappa shape index (κ3) is 9.16. The summed E-state index contributed by atoms with van der Waals surface area (Å²) in [6.07, 6.45) is 1.39. The number of nitrogens with zero attached hydrogens (tertiary/aromatic N) is 2. The third-order valence-corrected chi connectivity index (χ3v) is 7.28. The van der Waals surface area contributed by atoms with E-state index < -0.39 is 27.4 Å². The molecule has 0 unspecified atom stereocenters. The van der Waals surface area contributed by atoms with Crippen molar-refractivity contribution in [1.29, 1.82) is 0 Å². The van der Waals surface area contributed by atoms with Crippen molar-refractivity contribution in [3.05, 3.63) is 63.9 Å². The van der Waals surface area contributed by atoms with Gasteiger partial charge < -0.3 is 10.2 Å². The van der Waals surface area contributed by atoms with E-state index in [1.807, 2.05) is 20.8 Å². The maximum atomic E-state index is 14.3. The number of amides is 2. The van der Waals surface area contributed by atoms with Crippen LogP contribution in [-0.4, -0.2) is 49.5 Å². The molecule has 1 N–H and O–H groups in total. The molecule has 0 spiro atoms. The van der Waals surface area contributed by atoms with E-state index >= 15 is 0 Å². The van der Waals surface area contributed by atoms with Crippen molar-refractivity contribution in [1.82, 2.24) is 10.2 Å². The maximum Gasteiger partial charge on any atom is 0.243 e. The maximum absolute atomic E-state index is 14.3. The zero-order valence-corrected chi connectivity index (χ0v) is 24.1. The molecule has 2 aromatic rings. The third-order valence-electron chi connectivity index (χ3n) is 5.51. The highest BCUT2D eigenvalue weighted by Gasteiger charge is 2.31. The predicted molar refractivity (Wildman–Crippen MR) is 147 cm³/mol. The van der Waals surface area contributed by atoms with E-state index in [9.17, 15) is 22.4 Å². The first kappa shape index (κ1) is 30.9. The van der Waals surface area contributed by atoms with Gasteiger partial charge in [0.05, 0.1) is 11.9 Å². The molecule has 2 rings (SSSR count). The largest absolute Gasteiger partial charge is 0.350 e. The van der Waals surface area contributed by atoms with E-state index in [-0.39, 0.29) is 43.4 Å². The summed E-state index contributed by atoms with van der Waals surface area (Å²) in [5, 5.41) is 3.72. The van der Waals surface area contributed by atoms with E-state index in [2.05, 4.69) is 5.32 Å². The number of benzene rings is 2. The van der Waals surface area contributed by atoms with Crippen molar-refractivity contribution >= 4 is 50.7 Å². The second kappa shape index (κ2) is 12.9. The average Bonchev–Trinajstić information content (AvgIpc) is 2.76. The highest BCUT2D eigenvalue weighted by Crippen LogP contribution is 2.25. The molecule has 0 fully saturated rings. The van der Waals surface area contributed by atoms with Crippen molar-refractivity contribution in [3.63, 3.8) is 0 Å². The Labute approximate surface area is 229 Å². The van der Waals surface area contributed by atoms with Crippen LogP contribution in [0.3, 0.4) is 0 Å². The van der Waals surface area contributed by atoms with Crippen molar-refractivity contribution in [2.24, 2.45) is 0 Å². The number of para-hydroxylation sites is 1. The summed E-state index contributed by atoms with van der Waals surface area (Å²) in [7, 11) is -3.80. The molecule has 0 saturated heterocycles. The minimum absolute atomic E-state index is 0.0635. The molecule has 0 aliphatic rings. The van der Waals surface area contributed by atoms with Gasteiger partial charge in [0, 0.05) is 35.1 Å². The highest BCUT2D eigenvalue weighted by atomic mass is 35.5. The molecule has 0 aromatic heterocycles. The predicted octanol–water partition coefficient (Wildman–Crippen LogP) is 5.40. The molecule has 2 aromatic carbocycles. The van der Waals surface area contributed by atoms with Gasteiger partial charge in [-0.05, 0) is 63.4 Å². The first-order valence-corrected chi connectivity index (χ1v) is 14.5. The van der Waals surface area contributed by atoms with E-state index in [0.717, 1.165) is 10.6 Å². The number of sulfonamides is 1. The van der Waals surface area contributed by atoms with Crippen LogP contribution in [0.25, 0.3) is 0 Å². The molecule has 0 aliphatic heterocycles. The van der Waals surface area contributed by atoms with Crippen LogP contribution in [0.4, 0.5) is 10.1 Å². The van der Waals surface area contributed by atoms with Gasteiger partial charge in [0.2, 0.25) is 21.8 Å². The van der Waals surface area contributed by atoms with E-state index in [4.69, 9.17) is 23.2 Å². The lowest BCUT2D eigenvalue weighted by Crippen LogP contribution is -2.53. The van der Waals surface area contributed by atoms with Crippen molar-refractivity contribution in [2.45, 2.75) is 65.1 Å². The summed E-state index contributed by atoms with van der Waals surface area (Å²) >= 11 is 12.4. The fraction of sp³-hybridized carbons (Fsp3) is 0.462. The van der Waals surface area contributed by atoms with Crippen LogP contribution in [0.5, 0.6) is 0 Å². The normalized spacial score (nSPS) is 12.6. The molecule has 0 radical (unpaired) electrons. The first-order valence-electron chi connectivity index (χ1n) is 11.9. The Bertz CT molecular complexity index is 1220. The molecule has 0 aliphatic carbocycles. The molecule has 0 heterocycles. The summed E-state index contributed by atoms with van der Waals surface area (Å²) in [6.45, 7) is 7.31. The molecule has 0 bridgehead atoms. The van der Waals surface area contributed by atoms with Crippen LogP contribution in [0, 0.1) is 5.82 Å². The molecule has 204 valence electrons. The van der Waals surface area contributed by atoms with Gasteiger partial charge in [0.15, 0.2) is 0 Å². The van der Waals surface area contributed by atoms with Gasteiger partial charge in [-0.25, -0.2) is 12.8 Å². The standard InChI is InChI=1S/C26H34Cl2FN3O4S/c1-6-22(25(34)30-26(2,3)4)31(17-18-13-14-19(27)16-20(18)28)24(33)12-9-15-32(37(5,35)36)23-11-8-7-10-21(23)29/h7-8,10-11,13-14,16,22H,6,9,12,15,17H2,1-5H3,(H,30,34)/t22-/m1/s1. The van der Waals surface area contributed by atoms with Gasteiger partial charge >= 0.3 is 0 Å². The lowest BCUT2D eigenvalue weighted by molar-refractivity contribution is -0.142. The number of halogens is 3. The van der Waals surface area contributed by atoms with Crippen LogP contribution >= 0.6 is 23.2 Å². The smallest absolute Gasteiger partial charge is 0.243 e. The monoisotopic (exact) mass is 573 g/mol. The molecule has 11 heteroatoms. The van der Waals surface area contributed by atoms with Crippen molar-refractivity contribution < 1.29 is 22.4 Å². The quantitative estimate of drug-likeness (QED) is 0.390. The fourth-order valence-corrected chi connectivity index (χ4v) is 5.28. The molecule has 37 heavy (non-hydrogen) atoms. The number of hydrogen-bond acceptors (Lipinski definition) is 4. The van der Waals surface area contributed by atoms with Gasteiger partial charge in [-0.2, -0.15) is 0 Å². The Kier molecular flexibility index (Phi) is 10.8. The fourth-order valence-electron chi connectivity index (χ4n) is 3.84. The topological polar surface area (TPSA) is 86.8 Å². The molecule has 0 saturated carbocycles. The van der Waals surface area contributed by atoms with Crippen LogP contribution in [0.2, 0.25) is 10.0 Å². The number of hydrogen-bond donors (Lipinski definition) is 1. The minimum atomic E-state index is -3.80. The van der Waals surface area contributed by atoms with Gasteiger partial charge in [-0.3, -0.25) is 13.9 Å². The Morgan fingerprint density at radius 3 is 2.30 bits per heavy atom. The number of carbonyl (C=O) groups excluding carboxylic acids is 2. The number of rotatable bonds is 11. The van der Waals surface area contributed by atoms with Crippen LogP contribution in [0.1, 0.15) is 52.5 Å². The van der Waals surface area contributed by atoms with Crippen molar-refractivity contribution in [3.8, 4) is 0 Å². The van der Waals surface area contributed by atoms with E-state index in [1.54, 1.807) is 31.2 Å². The van der Waals surface area contributed by atoms with Crippen LogP contribution in [0.15, 0.2) is 42.5 Å². The Balaban J connectivity index is 2.29. The Morgan fingerprint density at radius 1 is 1.11 bits per heavy atom. The second-order valence-electron chi connectivity index (χ2n) is 9.81. The van der Waals surface area contributed by atoms with E-state index in [1.165, 1.54) is 23.1 Å². The lowest BCUT2D eigenvalue weighted by atomic mass is 10.0. The van der Waals surface area contributed by atoms with Crippen LogP contribution in [-0.2, 0) is 26.2 Å². The summed E-state index contributed by atoms with van der Waals surface area (Å²) in [6, 6.07) is 9.69. The Hall–Kier alpha value is -2.36. The van der Waals surface area contributed by atoms with Crippen molar-refractivity contribution in [2.75, 3.05) is 17.1 Å². The number of anilines is 1. The average molecular weight is 575 g/mol. The summed E-state index contributed by atoms with van der Waals surface area (Å²) in [5.74, 6) is -1.34. The Morgan fingerprint density at radius 2 is 1.76 bits per heavy atom. The van der Waals surface area contributed by atoms with Gasteiger partial charge in [0.25, 0.3) is 0 Å². The lowest BCUT2D eigenvalue weighted by Gasteiger charge is -2.33. The minimum Gasteiger partial charge on any atom is -0.350 e. The van der Waals surface area contributed by atoms with Crippen LogP contribution < -0.4 is 9.62 Å². The summed E-state index contributed by atoms with van der Waals surface area (Å²) in [4.78, 5) is 28.0. The molecular weight excluding hydrogens is 540 g/mol. The van der Waals surface area contributed by atoms with Gasteiger partial charge in [-0.15, -0.1) is 0 Å². The highest BCUT2D eigenvalue weighted by molar-refractivity contribution is 7.92. The second-order valence-corrected chi connectivity index (χ2v) is 12.6. The van der Waals surface area contributed by atoms with E-state index in [0.29, 0.717) is 22.0 Å². The molecular formula is C26H34Cl2FN3O4S. The van der Waals surface area contributed by atoms with Gasteiger partial charge in [-0.1, -0.05) is 48.3 Å². The SMILES string of the molecule is CC[C@H](C(=O)NC(C)(C)C)N(Cc1ccc(Cl)cc1Cl)C(=O)CCCN(c1ccccc1F)S(C)(=O)=O. The molecule has 2 amide bonds. The first-order chi connectivity index (χ1) is 17.1. The van der Waals surface area contributed by atoms with Gasteiger partial charge in [0.1, 0.15) is 11.9 Å². The summed E-state index contributed by atoms with van der Waals surface area (Å²) in [5.41, 5.74) is 0.0242. The number of nitrogens with one attached hydrogen (secondary N) is 1.